The van der Waals surface area contributed by atoms with Crippen LogP contribution in [0.1, 0.15) is 18.2 Å². The van der Waals surface area contributed by atoms with Gasteiger partial charge in [0, 0.05) is 35.2 Å². The van der Waals surface area contributed by atoms with Crippen LogP contribution in [0.2, 0.25) is 0 Å². The van der Waals surface area contributed by atoms with E-state index in [1.807, 2.05) is 34.6 Å². The summed E-state index contributed by atoms with van der Waals surface area (Å²) in [4.78, 5) is 5.45. The van der Waals surface area contributed by atoms with Gasteiger partial charge in [-0.05, 0) is 18.4 Å². The van der Waals surface area contributed by atoms with Gasteiger partial charge in [0.2, 0.25) is 0 Å². The zero-order valence-electron chi connectivity index (χ0n) is 9.26. The van der Waals surface area contributed by atoms with Crippen LogP contribution in [-0.4, -0.2) is 15.6 Å². The maximum absolute atomic E-state index is 4.05. The predicted octanol–water partition coefficient (Wildman–Crippen LogP) is 2.43. The average Bonchev–Trinajstić information content (AvgIpc) is 2.82. The van der Waals surface area contributed by atoms with Gasteiger partial charge in [-0.25, -0.2) is 4.98 Å². The first kappa shape index (κ1) is 10.1. The Hall–Kier alpha value is -1.13. The van der Waals surface area contributed by atoms with E-state index in [2.05, 4.69) is 28.7 Å². The third-order valence-corrected chi connectivity index (χ3v) is 4.01. The maximum Gasteiger partial charge on any atom is 0.0991 e. The van der Waals surface area contributed by atoms with Gasteiger partial charge >= 0.3 is 0 Å². The molecule has 0 aliphatic heterocycles. The molecule has 0 spiro atoms. The van der Waals surface area contributed by atoms with Gasteiger partial charge in [0.1, 0.15) is 0 Å². The minimum absolute atomic E-state index is 0.749. The first-order valence-electron chi connectivity index (χ1n) is 5.62. The van der Waals surface area contributed by atoms with Crippen LogP contribution in [0, 0.1) is 5.92 Å². The van der Waals surface area contributed by atoms with Crippen LogP contribution in [0.3, 0.4) is 0 Å². The van der Waals surface area contributed by atoms with Crippen molar-refractivity contribution in [2.45, 2.75) is 25.9 Å². The molecule has 2 atom stereocenters. The molecule has 2 aromatic heterocycles. The summed E-state index contributed by atoms with van der Waals surface area (Å²) in [6, 6.07) is 2.98. The fraction of sp³-hybridized carbons (Fsp3) is 0.417. The number of hydrogen-bond acceptors (Lipinski definition) is 3. The number of aromatic nitrogens is 2. The third-order valence-electron chi connectivity index (χ3n) is 3.09. The summed E-state index contributed by atoms with van der Waals surface area (Å²) >= 11 is 1.81. The van der Waals surface area contributed by atoms with Crippen molar-refractivity contribution in [3.05, 3.63) is 35.0 Å². The van der Waals surface area contributed by atoms with Gasteiger partial charge in [-0.2, -0.15) is 0 Å². The second-order valence-electron chi connectivity index (χ2n) is 4.44. The molecule has 4 heteroatoms. The largest absolute Gasteiger partial charge is 0.309 e. The molecule has 0 bridgehead atoms. The highest BCUT2D eigenvalue weighted by Crippen LogP contribution is 2.29. The highest BCUT2D eigenvalue weighted by molar-refractivity contribution is 7.10. The summed E-state index contributed by atoms with van der Waals surface area (Å²) < 4.78 is 2.04. The van der Waals surface area contributed by atoms with Gasteiger partial charge in [0.15, 0.2) is 0 Å². The van der Waals surface area contributed by atoms with E-state index in [1.165, 1.54) is 17.0 Å². The number of imidazole rings is 1. The van der Waals surface area contributed by atoms with E-state index in [0.29, 0.717) is 0 Å². The lowest BCUT2D eigenvalue weighted by molar-refractivity contribution is 0.658. The second kappa shape index (κ2) is 4.03. The summed E-state index contributed by atoms with van der Waals surface area (Å²) in [6.45, 7) is 3.29. The van der Waals surface area contributed by atoms with E-state index in [4.69, 9.17) is 0 Å². The van der Waals surface area contributed by atoms with Crippen LogP contribution in [0.4, 0.5) is 0 Å². The van der Waals surface area contributed by atoms with E-state index in [1.54, 1.807) is 0 Å². The second-order valence-corrected chi connectivity index (χ2v) is 5.44. The lowest BCUT2D eigenvalue weighted by Gasteiger charge is -1.99. The summed E-state index contributed by atoms with van der Waals surface area (Å²) in [5.41, 5.74) is 1.21. The Labute approximate surface area is 99.1 Å². The Bertz CT molecular complexity index is 460. The molecule has 0 radical (unpaired) electrons. The minimum Gasteiger partial charge on any atom is -0.309 e. The van der Waals surface area contributed by atoms with Gasteiger partial charge in [-0.15, -0.1) is 11.3 Å². The van der Waals surface area contributed by atoms with Crippen LogP contribution >= 0.6 is 11.3 Å². The fourth-order valence-corrected chi connectivity index (χ4v) is 2.66. The van der Waals surface area contributed by atoms with E-state index in [0.717, 1.165) is 18.5 Å². The molecule has 1 aliphatic carbocycles. The van der Waals surface area contributed by atoms with Gasteiger partial charge in [0.25, 0.3) is 0 Å². The topological polar surface area (TPSA) is 29.9 Å². The van der Waals surface area contributed by atoms with Crippen LogP contribution < -0.4 is 5.32 Å². The molecule has 0 aromatic carbocycles. The van der Waals surface area contributed by atoms with E-state index >= 15 is 0 Å². The summed E-state index contributed by atoms with van der Waals surface area (Å²) in [5, 5.41) is 5.74. The lowest BCUT2D eigenvalue weighted by Crippen LogP contribution is -2.16. The van der Waals surface area contributed by atoms with Crippen molar-refractivity contribution in [3.63, 3.8) is 0 Å². The van der Waals surface area contributed by atoms with Crippen LogP contribution in [0.15, 0.2) is 30.2 Å². The van der Waals surface area contributed by atoms with Crippen LogP contribution in [0.25, 0.3) is 5.69 Å². The van der Waals surface area contributed by atoms with Crippen molar-refractivity contribution in [2.75, 3.05) is 0 Å². The quantitative estimate of drug-likeness (QED) is 0.879. The minimum atomic E-state index is 0.749. The summed E-state index contributed by atoms with van der Waals surface area (Å²) in [6.07, 6.45) is 6.95. The molecule has 0 amide bonds. The van der Waals surface area contributed by atoms with Crippen molar-refractivity contribution in [1.82, 2.24) is 14.9 Å². The van der Waals surface area contributed by atoms with Crippen LogP contribution in [-0.2, 0) is 6.54 Å². The molecule has 16 heavy (non-hydrogen) atoms. The Morgan fingerprint density at radius 3 is 3.19 bits per heavy atom. The number of hydrogen-bond donors (Lipinski definition) is 1. The Morgan fingerprint density at radius 1 is 1.62 bits per heavy atom. The molecule has 2 aromatic rings. The standard InChI is InChI=1S/C12H15N3S/c1-9-4-12(9)14-6-11-5-10(7-16-11)15-3-2-13-8-15/h2-3,5,7-9,12,14H,4,6H2,1H3. The number of nitrogens with one attached hydrogen (secondary N) is 1. The van der Waals surface area contributed by atoms with Crippen molar-refractivity contribution in [1.29, 1.82) is 0 Å². The highest BCUT2D eigenvalue weighted by Gasteiger charge is 2.31. The molecule has 2 unspecified atom stereocenters. The summed E-state index contributed by atoms with van der Waals surface area (Å²) in [7, 11) is 0. The van der Waals surface area contributed by atoms with Gasteiger partial charge in [-0.1, -0.05) is 6.92 Å². The zero-order valence-corrected chi connectivity index (χ0v) is 10.1. The molecule has 2 heterocycles. The van der Waals surface area contributed by atoms with Crippen LogP contribution in [0.5, 0.6) is 0 Å². The van der Waals surface area contributed by atoms with Gasteiger partial charge in [0.05, 0.1) is 12.0 Å². The first-order chi connectivity index (χ1) is 7.83. The molecule has 0 saturated heterocycles. The molecule has 3 rings (SSSR count). The monoisotopic (exact) mass is 233 g/mol. The molecule has 1 saturated carbocycles. The average molecular weight is 233 g/mol. The van der Waals surface area contributed by atoms with Gasteiger partial charge < -0.3 is 9.88 Å². The Balaban J connectivity index is 1.64. The third kappa shape index (κ3) is 2.03. The SMILES string of the molecule is CC1CC1NCc1cc(-n2ccnc2)cs1. The molecule has 3 nitrogen and oxygen atoms in total. The number of rotatable bonds is 4. The molecular formula is C12H15N3S. The van der Waals surface area contributed by atoms with E-state index in [-0.39, 0.29) is 0 Å². The van der Waals surface area contributed by atoms with Crippen molar-refractivity contribution >= 4 is 11.3 Å². The molecule has 84 valence electrons. The number of thiophene rings is 1. The molecular weight excluding hydrogens is 218 g/mol. The normalized spacial score (nSPS) is 23.6. The Kier molecular flexibility index (Phi) is 2.53. The van der Waals surface area contributed by atoms with Crippen molar-refractivity contribution < 1.29 is 0 Å². The zero-order chi connectivity index (χ0) is 11.0. The number of nitrogens with zero attached hydrogens (tertiary/aromatic N) is 2. The lowest BCUT2D eigenvalue weighted by atomic mass is 10.4. The van der Waals surface area contributed by atoms with E-state index < -0.39 is 0 Å². The predicted molar refractivity (Wildman–Crippen MR) is 65.8 cm³/mol. The first-order valence-corrected chi connectivity index (χ1v) is 6.50. The smallest absolute Gasteiger partial charge is 0.0991 e. The molecule has 1 aliphatic rings. The molecule has 1 fully saturated rings. The molecule has 1 N–H and O–H groups in total. The highest BCUT2D eigenvalue weighted by atomic mass is 32.1. The summed E-state index contributed by atoms with van der Waals surface area (Å²) in [5.74, 6) is 0.869. The van der Waals surface area contributed by atoms with Gasteiger partial charge in [-0.3, -0.25) is 0 Å². The van der Waals surface area contributed by atoms with Crippen molar-refractivity contribution in [3.8, 4) is 5.69 Å². The van der Waals surface area contributed by atoms with E-state index in [9.17, 15) is 0 Å². The fourth-order valence-electron chi connectivity index (χ4n) is 1.85. The van der Waals surface area contributed by atoms with Crippen molar-refractivity contribution in [2.24, 2.45) is 5.92 Å². The maximum atomic E-state index is 4.05. The Morgan fingerprint density at radius 2 is 2.50 bits per heavy atom.